The smallest absolute Gasteiger partial charge is 0.258 e. The average molecular weight is 447 g/mol. The third-order valence-electron chi connectivity index (χ3n) is 6.10. The molecule has 0 N–H and O–H groups in total. The largest absolute Gasteiger partial charge is 0.494 e. The fraction of sp³-hybridized carbons (Fsp3) is 0.259. The summed E-state index contributed by atoms with van der Waals surface area (Å²) in [6, 6.07) is 21.0. The van der Waals surface area contributed by atoms with Gasteiger partial charge in [-0.15, -0.1) is 0 Å². The average Bonchev–Trinajstić information content (AvgIpc) is 2.84. The number of halogens is 1. The van der Waals surface area contributed by atoms with Crippen molar-refractivity contribution in [1.82, 2.24) is 0 Å². The molecular formula is C27H27FN2O3. The van der Waals surface area contributed by atoms with Gasteiger partial charge in [0, 0.05) is 29.4 Å². The number of ether oxygens (including phenoxy) is 1. The molecule has 6 heteroatoms. The van der Waals surface area contributed by atoms with E-state index in [1.54, 1.807) is 11.0 Å². The molecule has 1 heterocycles. The molecule has 2 atom stereocenters. The van der Waals surface area contributed by atoms with Crippen molar-refractivity contribution < 1.29 is 18.7 Å². The Morgan fingerprint density at radius 3 is 2.42 bits per heavy atom. The summed E-state index contributed by atoms with van der Waals surface area (Å²) in [5.74, 6) is -0.758. The second kappa shape index (κ2) is 9.45. The van der Waals surface area contributed by atoms with Crippen molar-refractivity contribution in [2.45, 2.75) is 38.8 Å². The highest BCUT2D eigenvalue weighted by atomic mass is 19.1. The number of anilines is 2. The molecular weight excluding hydrogens is 419 g/mol. The van der Waals surface area contributed by atoms with Crippen molar-refractivity contribution >= 4 is 23.2 Å². The van der Waals surface area contributed by atoms with Crippen LogP contribution in [0.4, 0.5) is 15.8 Å². The Morgan fingerprint density at radius 1 is 1.06 bits per heavy atom. The highest BCUT2D eigenvalue weighted by molar-refractivity contribution is 6.07. The second-order valence-corrected chi connectivity index (χ2v) is 8.14. The van der Waals surface area contributed by atoms with Crippen molar-refractivity contribution in [3.63, 3.8) is 0 Å². The summed E-state index contributed by atoms with van der Waals surface area (Å²) < 4.78 is 19.3. The lowest BCUT2D eigenvalue weighted by Gasteiger charge is -2.43. The van der Waals surface area contributed by atoms with Gasteiger partial charge in [-0.05, 0) is 55.3 Å². The number of nitrogens with zero attached hydrogens (tertiary/aromatic N) is 2. The standard InChI is InChI=1S/C27H27FN2O3/c1-4-26(31)30(20-10-6-5-7-11-20)24-16-18(2)29(23-13-9-8-12-21(23)24)27(32)19-14-15-25(33-3)22(28)17-19/h5-15,17-18,24H,4,16H2,1-3H3. The highest BCUT2D eigenvalue weighted by Crippen LogP contribution is 2.43. The molecule has 4 rings (SSSR count). The van der Waals surface area contributed by atoms with Gasteiger partial charge in [-0.3, -0.25) is 9.59 Å². The van der Waals surface area contributed by atoms with Crippen LogP contribution in [0, 0.1) is 5.82 Å². The van der Waals surface area contributed by atoms with Gasteiger partial charge in [0.05, 0.1) is 13.2 Å². The first-order valence-electron chi connectivity index (χ1n) is 11.1. The first kappa shape index (κ1) is 22.5. The number of hydrogen-bond donors (Lipinski definition) is 0. The van der Waals surface area contributed by atoms with E-state index in [4.69, 9.17) is 4.74 Å². The number of carbonyl (C=O) groups is 2. The van der Waals surface area contributed by atoms with E-state index in [0.717, 1.165) is 16.9 Å². The van der Waals surface area contributed by atoms with Crippen LogP contribution in [-0.4, -0.2) is 25.0 Å². The van der Waals surface area contributed by atoms with Crippen LogP contribution >= 0.6 is 0 Å². The maximum Gasteiger partial charge on any atom is 0.258 e. The number of fused-ring (bicyclic) bond motifs is 1. The fourth-order valence-corrected chi connectivity index (χ4v) is 4.53. The van der Waals surface area contributed by atoms with Crippen LogP contribution < -0.4 is 14.5 Å². The molecule has 5 nitrogen and oxygen atoms in total. The number of carbonyl (C=O) groups excluding carboxylic acids is 2. The Hall–Kier alpha value is -3.67. The molecule has 0 radical (unpaired) electrons. The number of rotatable bonds is 5. The van der Waals surface area contributed by atoms with Crippen LogP contribution in [0.15, 0.2) is 72.8 Å². The van der Waals surface area contributed by atoms with E-state index in [1.165, 1.54) is 19.2 Å². The predicted octanol–water partition coefficient (Wildman–Crippen LogP) is 5.76. The van der Waals surface area contributed by atoms with Gasteiger partial charge in [0.1, 0.15) is 0 Å². The topological polar surface area (TPSA) is 49.9 Å². The Balaban J connectivity index is 1.77. The molecule has 0 aliphatic carbocycles. The molecule has 2 unspecified atom stereocenters. The van der Waals surface area contributed by atoms with Crippen molar-refractivity contribution in [3.05, 3.63) is 89.7 Å². The molecule has 0 saturated heterocycles. The normalized spacial score (nSPS) is 17.3. The van der Waals surface area contributed by atoms with E-state index in [0.29, 0.717) is 12.8 Å². The van der Waals surface area contributed by atoms with Crippen LogP contribution in [0.5, 0.6) is 5.75 Å². The maximum atomic E-state index is 14.3. The van der Waals surface area contributed by atoms with Crippen LogP contribution in [0.25, 0.3) is 0 Å². The molecule has 0 spiro atoms. The number of amides is 2. The molecule has 0 bridgehead atoms. The minimum Gasteiger partial charge on any atom is -0.494 e. The maximum absolute atomic E-state index is 14.3. The number of hydrogen-bond acceptors (Lipinski definition) is 3. The summed E-state index contributed by atoms with van der Waals surface area (Å²) >= 11 is 0. The molecule has 33 heavy (non-hydrogen) atoms. The third kappa shape index (κ3) is 4.21. The predicted molar refractivity (Wildman–Crippen MR) is 127 cm³/mol. The zero-order valence-corrected chi connectivity index (χ0v) is 19.0. The molecule has 0 fully saturated rings. The van der Waals surface area contributed by atoms with Crippen molar-refractivity contribution in [3.8, 4) is 5.75 Å². The fourth-order valence-electron chi connectivity index (χ4n) is 4.53. The molecule has 3 aromatic carbocycles. The SMILES string of the molecule is CCC(=O)N(c1ccccc1)C1CC(C)N(C(=O)c2ccc(OC)c(F)c2)c2ccccc21. The summed E-state index contributed by atoms with van der Waals surface area (Å²) in [4.78, 5) is 30.1. The Kier molecular flexibility index (Phi) is 6.45. The van der Waals surface area contributed by atoms with Crippen molar-refractivity contribution in [1.29, 1.82) is 0 Å². The van der Waals surface area contributed by atoms with Gasteiger partial charge in [-0.2, -0.15) is 0 Å². The molecule has 2 amide bonds. The molecule has 0 aromatic heterocycles. The van der Waals surface area contributed by atoms with Crippen molar-refractivity contribution in [2.24, 2.45) is 0 Å². The van der Waals surface area contributed by atoms with E-state index in [1.807, 2.05) is 73.3 Å². The Labute approximate surface area is 193 Å². The van der Waals surface area contributed by atoms with E-state index in [2.05, 4.69) is 0 Å². The monoisotopic (exact) mass is 446 g/mol. The van der Waals surface area contributed by atoms with E-state index in [9.17, 15) is 14.0 Å². The van der Waals surface area contributed by atoms with Crippen LogP contribution in [0.3, 0.4) is 0 Å². The van der Waals surface area contributed by atoms with Gasteiger partial charge >= 0.3 is 0 Å². The lowest BCUT2D eigenvalue weighted by Crippen LogP contribution is -2.47. The van der Waals surface area contributed by atoms with Gasteiger partial charge < -0.3 is 14.5 Å². The van der Waals surface area contributed by atoms with Crippen LogP contribution in [0.1, 0.15) is 48.7 Å². The summed E-state index contributed by atoms with van der Waals surface area (Å²) in [7, 11) is 1.39. The minimum absolute atomic E-state index is 0.0187. The van der Waals surface area contributed by atoms with Gasteiger partial charge in [0.25, 0.3) is 5.91 Å². The Morgan fingerprint density at radius 2 is 1.76 bits per heavy atom. The molecule has 1 aliphatic heterocycles. The molecule has 170 valence electrons. The van der Waals surface area contributed by atoms with Gasteiger partial charge in [-0.25, -0.2) is 4.39 Å². The van der Waals surface area contributed by atoms with E-state index < -0.39 is 5.82 Å². The van der Waals surface area contributed by atoms with E-state index >= 15 is 0 Å². The van der Waals surface area contributed by atoms with E-state index in [-0.39, 0.29) is 35.2 Å². The number of para-hydroxylation sites is 2. The summed E-state index contributed by atoms with van der Waals surface area (Å²) in [5.41, 5.74) is 2.70. The molecule has 0 saturated carbocycles. The van der Waals surface area contributed by atoms with Crippen LogP contribution in [-0.2, 0) is 4.79 Å². The minimum atomic E-state index is -0.581. The highest BCUT2D eigenvalue weighted by Gasteiger charge is 2.38. The first-order chi connectivity index (χ1) is 16.0. The second-order valence-electron chi connectivity index (χ2n) is 8.14. The summed E-state index contributed by atoms with van der Waals surface area (Å²) in [6.07, 6.45) is 0.928. The van der Waals surface area contributed by atoms with Gasteiger partial charge in [-0.1, -0.05) is 43.3 Å². The zero-order valence-electron chi connectivity index (χ0n) is 19.0. The Bertz CT molecular complexity index is 1170. The van der Waals surface area contributed by atoms with Gasteiger partial charge in [0.2, 0.25) is 5.91 Å². The van der Waals surface area contributed by atoms with Gasteiger partial charge in [0.15, 0.2) is 11.6 Å². The summed E-state index contributed by atoms with van der Waals surface area (Å²) in [6.45, 7) is 3.81. The molecule has 1 aliphatic rings. The lowest BCUT2D eigenvalue weighted by molar-refractivity contribution is -0.118. The third-order valence-corrected chi connectivity index (χ3v) is 6.10. The van der Waals surface area contributed by atoms with Crippen molar-refractivity contribution in [2.75, 3.05) is 16.9 Å². The quantitative estimate of drug-likeness (QED) is 0.501. The lowest BCUT2D eigenvalue weighted by atomic mass is 9.89. The van der Waals surface area contributed by atoms with Crippen LogP contribution in [0.2, 0.25) is 0 Å². The number of benzene rings is 3. The summed E-state index contributed by atoms with van der Waals surface area (Å²) in [5, 5.41) is 0. The number of methoxy groups -OCH3 is 1. The molecule has 3 aromatic rings. The first-order valence-corrected chi connectivity index (χ1v) is 11.1. The zero-order chi connectivity index (χ0) is 23.5.